The second-order valence-corrected chi connectivity index (χ2v) is 7.37. The number of ether oxygens (including phenoxy) is 1. The van der Waals surface area contributed by atoms with Crippen molar-refractivity contribution < 1.29 is 4.74 Å². The standard InChI is InChI=1S/C30H22O/c1-5-13-23(14-6-1)27-21-22-28(31-26-19-11-4-12-20-26)30(25-17-9-3-10-18-25)29(27)24-15-7-2-8-16-24/h1-22H. The van der Waals surface area contributed by atoms with Crippen molar-refractivity contribution in [3.8, 4) is 44.9 Å². The second kappa shape index (κ2) is 8.73. The lowest BCUT2D eigenvalue weighted by Crippen LogP contribution is -1.95. The molecule has 0 aromatic heterocycles. The van der Waals surface area contributed by atoms with E-state index < -0.39 is 0 Å². The summed E-state index contributed by atoms with van der Waals surface area (Å²) >= 11 is 0. The Hall–Kier alpha value is -4.10. The van der Waals surface area contributed by atoms with E-state index in [0.29, 0.717) is 0 Å². The molecule has 5 aromatic carbocycles. The molecular formula is C30H22O. The van der Waals surface area contributed by atoms with E-state index in [1.54, 1.807) is 0 Å². The van der Waals surface area contributed by atoms with Crippen molar-refractivity contribution >= 4 is 0 Å². The summed E-state index contributed by atoms with van der Waals surface area (Å²) in [6, 6.07) is 45.8. The minimum absolute atomic E-state index is 0.825. The Morgan fingerprint density at radius 1 is 0.355 bits per heavy atom. The molecule has 0 N–H and O–H groups in total. The molecule has 148 valence electrons. The Labute approximate surface area is 183 Å². The Bertz CT molecular complexity index is 1260. The largest absolute Gasteiger partial charge is 0.457 e. The van der Waals surface area contributed by atoms with Crippen LogP contribution in [0.3, 0.4) is 0 Å². The molecular weight excluding hydrogens is 376 g/mol. The minimum Gasteiger partial charge on any atom is -0.457 e. The fourth-order valence-corrected chi connectivity index (χ4v) is 3.94. The molecule has 0 saturated carbocycles. The molecule has 0 atom stereocenters. The molecule has 0 aliphatic rings. The molecule has 0 fully saturated rings. The Morgan fingerprint density at radius 3 is 1.35 bits per heavy atom. The van der Waals surface area contributed by atoms with Gasteiger partial charge < -0.3 is 4.74 Å². The molecule has 31 heavy (non-hydrogen) atoms. The first kappa shape index (κ1) is 18.9. The van der Waals surface area contributed by atoms with Gasteiger partial charge in [-0.3, -0.25) is 0 Å². The van der Waals surface area contributed by atoms with E-state index in [0.717, 1.165) is 22.6 Å². The van der Waals surface area contributed by atoms with Crippen molar-refractivity contribution in [2.45, 2.75) is 0 Å². The SMILES string of the molecule is c1ccc(Oc2ccc(-c3ccccc3)c(-c3ccccc3)c2-c2ccccc2)cc1. The van der Waals surface area contributed by atoms with Crippen LogP contribution in [0.4, 0.5) is 0 Å². The number of benzene rings is 5. The summed E-state index contributed by atoms with van der Waals surface area (Å²) in [7, 11) is 0. The van der Waals surface area contributed by atoms with Crippen LogP contribution in [0.25, 0.3) is 33.4 Å². The first-order chi connectivity index (χ1) is 15.4. The normalized spacial score (nSPS) is 10.6. The molecule has 1 heteroatoms. The highest BCUT2D eigenvalue weighted by Crippen LogP contribution is 2.46. The van der Waals surface area contributed by atoms with Crippen LogP contribution in [0.2, 0.25) is 0 Å². The van der Waals surface area contributed by atoms with Crippen molar-refractivity contribution in [2.24, 2.45) is 0 Å². The third kappa shape index (κ3) is 3.99. The van der Waals surface area contributed by atoms with Gasteiger partial charge >= 0.3 is 0 Å². The van der Waals surface area contributed by atoms with Gasteiger partial charge in [-0.25, -0.2) is 0 Å². The monoisotopic (exact) mass is 398 g/mol. The van der Waals surface area contributed by atoms with Gasteiger partial charge in [-0.1, -0.05) is 115 Å². The smallest absolute Gasteiger partial charge is 0.135 e. The van der Waals surface area contributed by atoms with E-state index in [9.17, 15) is 0 Å². The van der Waals surface area contributed by atoms with Crippen molar-refractivity contribution in [3.63, 3.8) is 0 Å². The summed E-state index contributed by atoms with van der Waals surface area (Å²) in [4.78, 5) is 0. The van der Waals surface area contributed by atoms with Gasteiger partial charge in [0.05, 0.1) is 0 Å². The quantitative estimate of drug-likeness (QED) is 0.288. The third-order valence-corrected chi connectivity index (χ3v) is 5.35. The van der Waals surface area contributed by atoms with Crippen LogP contribution < -0.4 is 4.74 Å². The van der Waals surface area contributed by atoms with Crippen LogP contribution in [0.1, 0.15) is 0 Å². The zero-order valence-corrected chi connectivity index (χ0v) is 17.1. The average molecular weight is 399 g/mol. The summed E-state index contributed by atoms with van der Waals surface area (Å²) in [6.45, 7) is 0. The van der Waals surface area contributed by atoms with Gasteiger partial charge in [-0.2, -0.15) is 0 Å². The Balaban J connectivity index is 1.81. The molecule has 0 amide bonds. The van der Waals surface area contributed by atoms with Gasteiger partial charge in [-0.05, 0) is 40.5 Å². The van der Waals surface area contributed by atoms with Gasteiger partial charge in [0.15, 0.2) is 0 Å². The molecule has 0 saturated heterocycles. The first-order valence-corrected chi connectivity index (χ1v) is 10.5. The van der Waals surface area contributed by atoms with Crippen LogP contribution in [0, 0.1) is 0 Å². The maximum Gasteiger partial charge on any atom is 0.135 e. The Morgan fingerprint density at radius 2 is 0.806 bits per heavy atom. The van der Waals surface area contributed by atoms with Gasteiger partial charge in [-0.15, -0.1) is 0 Å². The van der Waals surface area contributed by atoms with Crippen molar-refractivity contribution in [3.05, 3.63) is 133 Å². The van der Waals surface area contributed by atoms with E-state index in [-0.39, 0.29) is 0 Å². The number of rotatable bonds is 5. The fourth-order valence-electron chi connectivity index (χ4n) is 3.94. The Kier molecular flexibility index (Phi) is 5.32. The van der Waals surface area contributed by atoms with Crippen molar-refractivity contribution in [2.75, 3.05) is 0 Å². The second-order valence-electron chi connectivity index (χ2n) is 7.37. The van der Waals surface area contributed by atoms with Crippen LogP contribution in [0.5, 0.6) is 11.5 Å². The molecule has 0 aliphatic carbocycles. The zero-order valence-electron chi connectivity index (χ0n) is 17.1. The minimum atomic E-state index is 0.825. The summed E-state index contributed by atoms with van der Waals surface area (Å²) in [5.41, 5.74) is 6.93. The van der Waals surface area contributed by atoms with Crippen LogP contribution in [-0.4, -0.2) is 0 Å². The van der Waals surface area contributed by atoms with E-state index >= 15 is 0 Å². The highest BCUT2D eigenvalue weighted by molar-refractivity contribution is 5.97. The van der Waals surface area contributed by atoms with Gasteiger partial charge in [0.2, 0.25) is 0 Å². The molecule has 5 aromatic rings. The molecule has 0 spiro atoms. The highest BCUT2D eigenvalue weighted by Gasteiger charge is 2.19. The molecule has 0 bridgehead atoms. The van der Waals surface area contributed by atoms with Crippen LogP contribution in [0.15, 0.2) is 133 Å². The summed E-state index contributed by atoms with van der Waals surface area (Å²) in [5.74, 6) is 1.67. The molecule has 0 unspecified atom stereocenters. The molecule has 0 radical (unpaired) electrons. The maximum atomic E-state index is 6.42. The zero-order chi connectivity index (χ0) is 20.9. The lowest BCUT2D eigenvalue weighted by Gasteiger charge is -2.20. The predicted octanol–water partition coefficient (Wildman–Crippen LogP) is 8.48. The summed E-state index contributed by atoms with van der Waals surface area (Å²) in [6.07, 6.45) is 0. The van der Waals surface area contributed by atoms with Gasteiger partial charge in [0.1, 0.15) is 11.5 Å². The van der Waals surface area contributed by atoms with E-state index in [1.807, 2.05) is 36.4 Å². The first-order valence-electron chi connectivity index (χ1n) is 10.5. The maximum absolute atomic E-state index is 6.42. The average Bonchev–Trinajstić information content (AvgIpc) is 2.86. The van der Waals surface area contributed by atoms with Gasteiger partial charge in [0, 0.05) is 11.1 Å². The highest BCUT2D eigenvalue weighted by atomic mass is 16.5. The topological polar surface area (TPSA) is 9.23 Å². The number of hydrogen-bond donors (Lipinski definition) is 0. The number of para-hydroxylation sites is 1. The van der Waals surface area contributed by atoms with Crippen molar-refractivity contribution in [1.82, 2.24) is 0 Å². The predicted molar refractivity (Wildman–Crippen MR) is 129 cm³/mol. The lowest BCUT2D eigenvalue weighted by atomic mass is 9.87. The summed E-state index contributed by atoms with van der Waals surface area (Å²) in [5, 5.41) is 0. The van der Waals surface area contributed by atoms with Crippen molar-refractivity contribution in [1.29, 1.82) is 0 Å². The summed E-state index contributed by atoms with van der Waals surface area (Å²) < 4.78 is 6.42. The van der Waals surface area contributed by atoms with Gasteiger partial charge in [0.25, 0.3) is 0 Å². The van der Waals surface area contributed by atoms with E-state index in [2.05, 4.69) is 97.1 Å². The molecule has 5 rings (SSSR count). The fraction of sp³-hybridized carbons (Fsp3) is 0. The van der Waals surface area contributed by atoms with Crippen LogP contribution in [-0.2, 0) is 0 Å². The van der Waals surface area contributed by atoms with E-state index in [4.69, 9.17) is 4.74 Å². The lowest BCUT2D eigenvalue weighted by molar-refractivity contribution is 0.485. The third-order valence-electron chi connectivity index (χ3n) is 5.35. The molecule has 0 heterocycles. The van der Waals surface area contributed by atoms with Crippen LogP contribution >= 0.6 is 0 Å². The number of hydrogen-bond acceptors (Lipinski definition) is 1. The molecule has 0 aliphatic heterocycles. The van der Waals surface area contributed by atoms with E-state index in [1.165, 1.54) is 22.3 Å². The molecule has 1 nitrogen and oxygen atoms in total.